The van der Waals surface area contributed by atoms with Gasteiger partial charge in [-0.15, -0.1) is 0 Å². The average molecular weight is 329 g/mol. The van der Waals surface area contributed by atoms with Crippen molar-refractivity contribution in [2.75, 3.05) is 19.0 Å². The van der Waals surface area contributed by atoms with Crippen molar-refractivity contribution >= 4 is 17.3 Å². The van der Waals surface area contributed by atoms with Crippen molar-refractivity contribution in [2.24, 2.45) is 5.10 Å². The van der Waals surface area contributed by atoms with E-state index < -0.39 is 0 Å². The van der Waals surface area contributed by atoms with Crippen LogP contribution in [0.1, 0.15) is 18.9 Å². The second-order valence-corrected chi connectivity index (χ2v) is 5.01. The summed E-state index contributed by atoms with van der Waals surface area (Å²) >= 11 is 0. The third kappa shape index (κ3) is 4.81. The normalized spacial score (nSPS) is 11.0. The van der Waals surface area contributed by atoms with E-state index in [1.165, 1.54) is 12.1 Å². The van der Waals surface area contributed by atoms with E-state index in [1.54, 1.807) is 19.2 Å². The molecule has 0 saturated carbocycles. The van der Waals surface area contributed by atoms with Crippen molar-refractivity contribution in [3.05, 3.63) is 59.9 Å². The SMILES string of the molecule is CC/C(=N\NC(=O)CNc1ccccc1OC)c1ccc(F)cc1. The third-order valence-electron chi connectivity index (χ3n) is 3.37. The molecule has 126 valence electrons. The summed E-state index contributed by atoms with van der Waals surface area (Å²) in [6.07, 6.45) is 0.617. The Morgan fingerprint density at radius 1 is 1.17 bits per heavy atom. The molecule has 0 radical (unpaired) electrons. The maximum atomic E-state index is 13.0. The van der Waals surface area contributed by atoms with E-state index in [-0.39, 0.29) is 18.3 Å². The molecule has 0 saturated heterocycles. The fourth-order valence-electron chi connectivity index (χ4n) is 2.13. The summed E-state index contributed by atoms with van der Waals surface area (Å²) in [5.41, 5.74) is 4.69. The van der Waals surface area contributed by atoms with Crippen LogP contribution in [-0.2, 0) is 4.79 Å². The number of ether oxygens (including phenoxy) is 1. The van der Waals surface area contributed by atoms with Crippen LogP contribution in [0, 0.1) is 5.82 Å². The van der Waals surface area contributed by atoms with E-state index in [1.807, 2.05) is 31.2 Å². The quantitative estimate of drug-likeness (QED) is 0.606. The lowest BCUT2D eigenvalue weighted by atomic mass is 10.1. The van der Waals surface area contributed by atoms with Gasteiger partial charge in [0.2, 0.25) is 0 Å². The van der Waals surface area contributed by atoms with Crippen LogP contribution in [0.2, 0.25) is 0 Å². The van der Waals surface area contributed by atoms with Gasteiger partial charge in [0, 0.05) is 0 Å². The van der Waals surface area contributed by atoms with Crippen molar-refractivity contribution in [2.45, 2.75) is 13.3 Å². The molecule has 6 heteroatoms. The van der Waals surface area contributed by atoms with Crippen LogP contribution < -0.4 is 15.5 Å². The molecule has 2 aromatic rings. The highest BCUT2D eigenvalue weighted by molar-refractivity contribution is 6.01. The highest BCUT2D eigenvalue weighted by Crippen LogP contribution is 2.22. The fraction of sp³-hybridized carbons (Fsp3) is 0.222. The van der Waals surface area contributed by atoms with E-state index in [2.05, 4.69) is 15.8 Å². The molecule has 1 amide bonds. The Labute approximate surface area is 140 Å². The molecule has 24 heavy (non-hydrogen) atoms. The number of hydrogen-bond donors (Lipinski definition) is 2. The Kier molecular flexibility index (Phi) is 6.31. The smallest absolute Gasteiger partial charge is 0.259 e. The minimum Gasteiger partial charge on any atom is -0.495 e. The largest absolute Gasteiger partial charge is 0.495 e. The van der Waals surface area contributed by atoms with Crippen molar-refractivity contribution in [1.82, 2.24) is 5.43 Å². The zero-order valence-electron chi connectivity index (χ0n) is 13.7. The molecule has 0 bridgehead atoms. The van der Waals surface area contributed by atoms with Crippen molar-refractivity contribution in [3.63, 3.8) is 0 Å². The summed E-state index contributed by atoms with van der Waals surface area (Å²) in [4.78, 5) is 11.9. The zero-order valence-corrected chi connectivity index (χ0v) is 13.7. The van der Waals surface area contributed by atoms with Crippen molar-refractivity contribution < 1.29 is 13.9 Å². The number of methoxy groups -OCH3 is 1. The molecular weight excluding hydrogens is 309 g/mol. The van der Waals surface area contributed by atoms with Crippen LogP contribution in [0.15, 0.2) is 53.6 Å². The Hall–Kier alpha value is -2.89. The molecule has 0 fully saturated rings. The van der Waals surface area contributed by atoms with Gasteiger partial charge in [0.25, 0.3) is 5.91 Å². The van der Waals surface area contributed by atoms with Crippen LogP contribution in [0.3, 0.4) is 0 Å². The molecule has 0 aliphatic heterocycles. The lowest BCUT2D eigenvalue weighted by Crippen LogP contribution is -2.27. The third-order valence-corrected chi connectivity index (χ3v) is 3.37. The average Bonchev–Trinajstić information content (AvgIpc) is 2.62. The van der Waals surface area contributed by atoms with E-state index in [4.69, 9.17) is 4.74 Å². The number of amides is 1. The van der Waals surface area contributed by atoms with Gasteiger partial charge in [-0.05, 0) is 36.2 Å². The Morgan fingerprint density at radius 2 is 1.88 bits per heavy atom. The summed E-state index contributed by atoms with van der Waals surface area (Å²) < 4.78 is 18.2. The molecule has 0 atom stereocenters. The van der Waals surface area contributed by atoms with E-state index in [9.17, 15) is 9.18 Å². The second kappa shape index (κ2) is 8.67. The van der Waals surface area contributed by atoms with Crippen LogP contribution in [0.5, 0.6) is 5.75 Å². The van der Waals surface area contributed by atoms with Gasteiger partial charge in [-0.1, -0.05) is 31.2 Å². The molecule has 0 aliphatic rings. The van der Waals surface area contributed by atoms with E-state index in [0.29, 0.717) is 17.9 Å². The van der Waals surface area contributed by atoms with Gasteiger partial charge in [-0.3, -0.25) is 4.79 Å². The van der Waals surface area contributed by atoms with Gasteiger partial charge in [0.05, 0.1) is 25.1 Å². The van der Waals surface area contributed by atoms with Gasteiger partial charge in [-0.2, -0.15) is 5.10 Å². The molecule has 0 unspecified atom stereocenters. The Bertz CT molecular complexity index is 714. The van der Waals surface area contributed by atoms with Gasteiger partial charge in [0.15, 0.2) is 0 Å². The highest BCUT2D eigenvalue weighted by atomic mass is 19.1. The number of anilines is 1. The minimum atomic E-state index is -0.306. The van der Waals surface area contributed by atoms with E-state index in [0.717, 1.165) is 11.3 Å². The summed E-state index contributed by atoms with van der Waals surface area (Å²) in [6.45, 7) is 1.98. The monoisotopic (exact) mass is 329 g/mol. The molecule has 0 aliphatic carbocycles. The molecule has 0 spiro atoms. The van der Waals surface area contributed by atoms with Crippen molar-refractivity contribution in [3.8, 4) is 5.75 Å². The zero-order chi connectivity index (χ0) is 17.4. The number of para-hydroxylation sites is 2. The van der Waals surface area contributed by atoms with Gasteiger partial charge >= 0.3 is 0 Å². The van der Waals surface area contributed by atoms with Gasteiger partial charge in [-0.25, -0.2) is 9.82 Å². The number of carbonyl (C=O) groups is 1. The Morgan fingerprint density at radius 3 is 2.54 bits per heavy atom. The standard InChI is InChI=1S/C18H20FN3O2/c1-3-15(13-8-10-14(19)11-9-13)21-22-18(23)12-20-16-6-4-5-7-17(16)24-2/h4-11,20H,3,12H2,1-2H3,(H,22,23)/b21-15+. The topological polar surface area (TPSA) is 62.7 Å². The van der Waals surface area contributed by atoms with E-state index >= 15 is 0 Å². The molecular formula is C18H20FN3O2. The molecule has 0 aromatic heterocycles. The second-order valence-electron chi connectivity index (χ2n) is 5.01. The number of rotatable bonds is 7. The lowest BCUT2D eigenvalue weighted by Gasteiger charge is -2.10. The first-order valence-electron chi connectivity index (χ1n) is 7.62. The number of hydrazone groups is 1. The predicted molar refractivity (Wildman–Crippen MR) is 92.9 cm³/mol. The Balaban J connectivity index is 1.94. The highest BCUT2D eigenvalue weighted by Gasteiger charge is 2.06. The van der Waals surface area contributed by atoms with Crippen LogP contribution in [0.25, 0.3) is 0 Å². The summed E-state index contributed by atoms with van der Waals surface area (Å²) in [6, 6.07) is 13.3. The predicted octanol–water partition coefficient (Wildman–Crippen LogP) is 3.18. The fourth-order valence-corrected chi connectivity index (χ4v) is 2.13. The first-order valence-corrected chi connectivity index (χ1v) is 7.62. The summed E-state index contributed by atoms with van der Waals surface area (Å²) in [5, 5.41) is 7.12. The lowest BCUT2D eigenvalue weighted by molar-refractivity contribution is -0.119. The molecule has 2 aromatic carbocycles. The first-order chi connectivity index (χ1) is 11.6. The number of halogens is 1. The maximum absolute atomic E-state index is 13.0. The van der Waals surface area contributed by atoms with Gasteiger partial charge in [0.1, 0.15) is 11.6 Å². The van der Waals surface area contributed by atoms with Gasteiger partial charge < -0.3 is 10.1 Å². The van der Waals surface area contributed by atoms with Crippen molar-refractivity contribution in [1.29, 1.82) is 0 Å². The first kappa shape index (κ1) is 17.5. The molecule has 5 nitrogen and oxygen atoms in total. The number of hydrogen-bond acceptors (Lipinski definition) is 4. The number of nitrogens with zero attached hydrogens (tertiary/aromatic N) is 1. The van der Waals surface area contributed by atoms with Crippen LogP contribution in [-0.4, -0.2) is 25.3 Å². The number of nitrogens with one attached hydrogen (secondary N) is 2. The number of carbonyl (C=O) groups excluding carboxylic acids is 1. The van der Waals surface area contributed by atoms with Crippen LogP contribution in [0.4, 0.5) is 10.1 Å². The molecule has 2 rings (SSSR count). The number of benzene rings is 2. The summed E-state index contributed by atoms with van der Waals surface area (Å²) in [5.74, 6) is 0.0718. The van der Waals surface area contributed by atoms with Crippen LogP contribution >= 0.6 is 0 Å². The molecule has 2 N–H and O–H groups in total. The maximum Gasteiger partial charge on any atom is 0.259 e. The molecule has 0 heterocycles. The minimum absolute atomic E-state index is 0.0598. The summed E-state index contributed by atoms with van der Waals surface area (Å²) in [7, 11) is 1.57.